The first-order valence-corrected chi connectivity index (χ1v) is 6.11. The highest BCUT2D eigenvalue weighted by Crippen LogP contribution is 2.18. The molecule has 0 aliphatic heterocycles. The van der Waals surface area contributed by atoms with Crippen molar-refractivity contribution in [2.24, 2.45) is 0 Å². The number of aryl methyl sites for hydroxylation is 1. The molecule has 1 N–H and O–H groups in total. The van der Waals surface area contributed by atoms with E-state index in [4.69, 9.17) is 4.74 Å². The maximum absolute atomic E-state index is 5.62. The van der Waals surface area contributed by atoms with Crippen molar-refractivity contribution in [2.75, 3.05) is 7.05 Å². The van der Waals surface area contributed by atoms with Gasteiger partial charge in [0.2, 0.25) is 5.88 Å². The van der Waals surface area contributed by atoms with E-state index in [2.05, 4.69) is 22.3 Å². The van der Waals surface area contributed by atoms with Gasteiger partial charge in [0.1, 0.15) is 0 Å². The molecule has 2 aromatic heterocycles. The first kappa shape index (κ1) is 12.6. The third-order valence-electron chi connectivity index (χ3n) is 2.46. The van der Waals surface area contributed by atoms with Gasteiger partial charge in [-0.05, 0) is 19.0 Å². The molecule has 2 heterocycles. The minimum absolute atomic E-state index is 0.589. The Hall–Kier alpha value is -1.88. The molecule has 0 saturated heterocycles. The monoisotopic (exact) mass is 246 g/mol. The third-order valence-corrected chi connectivity index (χ3v) is 2.46. The van der Waals surface area contributed by atoms with Crippen LogP contribution >= 0.6 is 0 Å². The second-order valence-electron chi connectivity index (χ2n) is 4.08. The van der Waals surface area contributed by atoms with Crippen LogP contribution in [0.3, 0.4) is 0 Å². The molecule has 0 radical (unpaired) electrons. The van der Waals surface area contributed by atoms with E-state index >= 15 is 0 Å². The summed E-state index contributed by atoms with van der Waals surface area (Å²) in [4.78, 5) is 4.25. The molecule has 0 aliphatic carbocycles. The van der Waals surface area contributed by atoms with E-state index in [1.165, 1.54) is 0 Å². The summed E-state index contributed by atoms with van der Waals surface area (Å²) in [5.74, 6) is 1.31. The van der Waals surface area contributed by atoms with Crippen molar-refractivity contribution in [1.29, 1.82) is 0 Å². The molecule has 2 rings (SSSR count). The number of hydrogen-bond acceptors (Lipinski definition) is 4. The molecular weight excluding hydrogens is 228 g/mol. The van der Waals surface area contributed by atoms with Gasteiger partial charge < -0.3 is 10.1 Å². The highest BCUT2D eigenvalue weighted by atomic mass is 16.5. The van der Waals surface area contributed by atoms with Crippen LogP contribution in [0.25, 0.3) is 0 Å². The SMILES string of the molecule is CCCn1cc(Oc2ccc(CNC)cn2)cn1. The minimum atomic E-state index is 0.589. The maximum atomic E-state index is 5.62. The van der Waals surface area contributed by atoms with Crippen molar-refractivity contribution in [1.82, 2.24) is 20.1 Å². The van der Waals surface area contributed by atoms with E-state index in [1.54, 1.807) is 6.20 Å². The summed E-state index contributed by atoms with van der Waals surface area (Å²) in [6.45, 7) is 3.82. The van der Waals surface area contributed by atoms with Gasteiger partial charge in [-0.2, -0.15) is 5.10 Å². The number of hydrogen-bond donors (Lipinski definition) is 1. The number of nitrogens with one attached hydrogen (secondary N) is 1. The van der Waals surface area contributed by atoms with Gasteiger partial charge in [0.15, 0.2) is 5.75 Å². The smallest absolute Gasteiger partial charge is 0.219 e. The molecule has 0 fully saturated rings. The first-order chi connectivity index (χ1) is 8.81. The predicted octanol–water partition coefficient (Wildman–Crippen LogP) is 2.20. The Bertz CT molecular complexity index is 478. The van der Waals surface area contributed by atoms with Crippen LogP contribution in [0.4, 0.5) is 0 Å². The molecule has 18 heavy (non-hydrogen) atoms. The summed E-state index contributed by atoms with van der Waals surface area (Å²) < 4.78 is 7.49. The Morgan fingerprint density at radius 1 is 1.33 bits per heavy atom. The zero-order chi connectivity index (χ0) is 12.8. The predicted molar refractivity (Wildman–Crippen MR) is 69.6 cm³/mol. The number of pyridine rings is 1. The van der Waals surface area contributed by atoms with Gasteiger partial charge >= 0.3 is 0 Å². The summed E-state index contributed by atoms with van der Waals surface area (Å²) in [7, 11) is 1.91. The van der Waals surface area contributed by atoms with Gasteiger partial charge in [-0.3, -0.25) is 4.68 Å². The van der Waals surface area contributed by atoms with Crippen LogP contribution in [0.2, 0.25) is 0 Å². The first-order valence-electron chi connectivity index (χ1n) is 6.11. The Labute approximate surface area is 107 Å². The van der Waals surface area contributed by atoms with E-state index in [0.717, 1.165) is 30.8 Å². The lowest BCUT2D eigenvalue weighted by molar-refractivity contribution is 0.460. The number of rotatable bonds is 6. The van der Waals surface area contributed by atoms with Crippen molar-refractivity contribution in [3.8, 4) is 11.6 Å². The van der Waals surface area contributed by atoms with Crippen molar-refractivity contribution in [3.63, 3.8) is 0 Å². The van der Waals surface area contributed by atoms with Crippen LogP contribution in [0.1, 0.15) is 18.9 Å². The number of aromatic nitrogens is 3. The Morgan fingerprint density at radius 2 is 2.22 bits per heavy atom. The number of ether oxygens (including phenoxy) is 1. The van der Waals surface area contributed by atoms with Gasteiger partial charge in [-0.25, -0.2) is 4.98 Å². The molecule has 5 heteroatoms. The van der Waals surface area contributed by atoms with Crippen LogP contribution in [0.5, 0.6) is 11.6 Å². The summed E-state index contributed by atoms with van der Waals surface area (Å²) in [5, 5.41) is 7.28. The molecule has 0 unspecified atom stereocenters. The quantitative estimate of drug-likeness (QED) is 0.849. The second-order valence-corrected chi connectivity index (χ2v) is 4.08. The van der Waals surface area contributed by atoms with Crippen LogP contribution in [-0.2, 0) is 13.1 Å². The molecule has 0 aliphatic rings. The van der Waals surface area contributed by atoms with Gasteiger partial charge in [-0.15, -0.1) is 0 Å². The average Bonchev–Trinajstić information content (AvgIpc) is 2.80. The molecule has 0 atom stereocenters. The van der Waals surface area contributed by atoms with Crippen LogP contribution in [0, 0.1) is 0 Å². The van der Waals surface area contributed by atoms with Crippen molar-refractivity contribution < 1.29 is 4.74 Å². The van der Waals surface area contributed by atoms with E-state index in [0.29, 0.717) is 5.88 Å². The van der Waals surface area contributed by atoms with Crippen molar-refractivity contribution in [2.45, 2.75) is 26.4 Å². The molecule has 0 spiro atoms. The lowest BCUT2D eigenvalue weighted by Crippen LogP contribution is -2.05. The standard InChI is InChI=1S/C13H18N4O/c1-3-6-17-10-12(9-16-17)18-13-5-4-11(7-14-2)8-15-13/h4-5,8-10,14H,3,6-7H2,1-2H3. The Balaban J connectivity index is 1.99. The minimum Gasteiger partial charge on any atom is -0.436 e. The Kier molecular flexibility index (Phi) is 4.30. The summed E-state index contributed by atoms with van der Waals surface area (Å²) >= 11 is 0. The van der Waals surface area contributed by atoms with Crippen molar-refractivity contribution in [3.05, 3.63) is 36.3 Å². The Morgan fingerprint density at radius 3 is 2.89 bits per heavy atom. The van der Waals surface area contributed by atoms with Crippen LogP contribution < -0.4 is 10.1 Å². The van der Waals surface area contributed by atoms with Crippen LogP contribution in [0.15, 0.2) is 30.7 Å². The highest BCUT2D eigenvalue weighted by molar-refractivity contribution is 5.23. The molecule has 5 nitrogen and oxygen atoms in total. The van der Waals surface area contributed by atoms with Gasteiger partial charge in [-0.1, -0.05) is 13.0 Å². The summed E-state index contributed by atoms with van der Waals surface area (Å²) in [6.07, 6.45) is 6.45. The lowest BCUT2D eigenvalue weighted by Gasteiger charge is -2.03. The van der Waals surface area contributed by atoms with E-state index in [9.17, 15) is 0 Å². The topological polar surface area (TPSA) is 52.0 Å². The van der Waals surface area contributed by atoms with Gasteiger partial charge in [0.05, 0.1) is 12.4 Å². The van der Waals surface area contributed by atoms with E-state index in [-0.39, 0.29) is 0 Å². The largest absolute Gasteiger partial charge is 0.436 e. The van der Waals surface area contributed by atoms with Gasteiger partial charge in [0, 0.05) is 25.4 Å². The zero-order valence-corrected chi connectivity index (χ0v) is 10.8. The average molecular weight is 246 g/mol. The molecular formula is C13H18N4O. The lowest BCUT2D eigenvalue weighted by atomic mass is 10.3. The van der Waals surface area contributed by atoms with Crippen molar-refractivity contribution >= 4 is 0 Å². The third kappa shape index (κ3) is 3.30. The fourth-order valence-electron chi connectivity index (χ4n) is 1.65. The maximum Gasteiger partial charge on any atom is 0.219 e. The van der Waals surface area contributed by atoms with Crippen LogP contribution in [-0.4, -0.2) is 21.8 Å². The zero-order valence-electron chi connectivity index (χ0n) is 10.8. The molecule has 0 saturated carbocycles. The number of nitrogens with zero attached hydrogens (tertiary/aromatic N) is 3. The molecule has 0 amide bonds. The normalized spacial score (nSPS) is 10.6. The molecule has 96 valence electrons. The highest BCUT2D eigenvalue weighted by Gasteiger charge is 2.02. The summed E-state index contributed by atoms with van der Waals surface area (Å²) in [5.41, 5.74) is 1.13. The molecule has 2 aromatic rings. The van der Waals surface area contributed by atoms with E-state index < -0.39 is 0 Å². The summed E-state index contributed by atoms with van der Waals surface area (Å²) in [6, 6.07) is 3.86. The second kappa shape index (κ2) is 6.16. The van der Waals surface area contributed by atoms with E-state index in [1.807, 2.05) is 36.3 Å². The molecule has 0 bridgehead atoms. The van der Waals surface area contributed by atoms with Gasteiger partial charge in [0.25, 0.3) is 0 Å². The molecule has 0 aromatic carbocycles. The fourth-order valence-corrected chi connectivity index (χ4v) is 1.65. The fraction of sp³-hybridized carbons (Fsp3) is 0.385.